The van der Waals surface area contributed by atoms with E-state index in [0.29, 0.717) is 5.02 Å². The molecule has 4 nitrogen and oxygen atoms in total. The Kier molecular flexibility index (Phi) is 4.41. The van der Waals surface area contributed by atoms with E-state index in [1.54, 1.807) is 0 Å². The third-order valence-electron chi connectivity index (χ3n) is 3.82. The Bertz CT molecular complexity index is 641. The predicted octanol–water partition coefficient (Wildman–Crippen LogP) is 3.32. The predicted molar refractivity (Wildman–Crippen MR) is 86.2 cm³/mol. The Morgan fingerprint density at radius 3 is 3.00 bits per heavy atom. The van der Waals surface area contributed by atoms with Crippen LogP contribution in [0.1, 0.15) is 18.1 Å². The molecule has 1 aromatic carbocycles. The van der Waals surface area contributed by atoms with Gasteiger partial charge in [-0.25, -0.2) is 4.98 Å². The molecule has 1 aromatic heterocycles. The van der Waals surface area contributed by atoms with Gasteiger partial charge in [0.25, 0.3) is 0 Å². The van der Waals surface area contributed by atoms with Gasteiger partial charge in [0, 0.05) is 18.1 Å². The van der Waals surface area contributed by atoms with E-state index >= 15 is 0 Å². The van der Waals surface area contributed by atoms with Gasteiger partial charge in [-0.15, -0.1) is 11.6 Å². The normalized spacial score (nSPS) is 21.8. The molecule has 1 fully saturated rings. The number of ether oxygens (including phenoxy) is 1. The highest BCUT2D eigenvalue weighted by molar-refractivity contribution is 6.31. The van der Waals surface area contributed by atoms with Gasteiger partial charge in [0.05, 0.1) is 35.7 Å². The van der Waals surface area contributed by atoms with Crippen molar-refractivity contribution >= 4 is 34.2 Å². The summed E-state index contributed by atoms with van der Waals surface area (Å²) >= 11 is 12.4. The molecule has 0 aliphatic carbocycles. The van der Waals surface area contributed by atoms with Crippen LogP contribution >= 0.6 is 23.2 Å². The lowest BCUT2D eigenvalue weighted by Gasteiger charge is -2.30. The van der Waals surface area contributed by atoms with Crippen molar-refractivity contribution in [3.63, 3.8) is 0 Å². The van der Waals surface area contributed by atoms with Crippen LogP contribution in [-0.4, -0.2) is 47.3 Å². The summed E-state index contributed by atoms with van der Waals surface area (Å²) in [6.07, 6.45) is 0.147. The second-order valence-corrected chi connectivity index (χ2v) is 6.68. The van der Waals surface area contributed by atoms with Crippen molar-refractivity contribution < 1.29 is 4.74 Å². The third-order valence-corrected chi connectivity index (χ3v) is 4.25. The number of alkyl halides is 1. The highest BCUT2D eigenvalue weighted by Gasteiger charge is 2.22. The Hall–Kier alpha value is -0.810. The zero-order valence-corrected chi connectivity index (χ0v) is 13.7. The molecule has 6 heteroatoms. The molecule has 114 valence electrons. The lowest BCUT2D eigenvalue weighted by molar-refractivity contribution is -0.0272. The molecule has 2 aromatic rings. The lowest BCUT2D eigenvalue weighted by atomic mass is 10.2. The first-order valence-corrected chi connectivity index (χ1v) is 7.96. The van der Waals surface area contributed by atoms with Crippen LogP contribution < -0.4 is 0 Å². The first-order valence-electron chi connectivity index (χ1n) is 7.14. The molecular formula is C15H19Cl2N3O. The molecule has 1 aliphatic heterocycles. The third kappa shape index (κ3) is 3.19. The number of morpholine rings is 1. The first kappa shape index (κ1) is 15.1. The number of likely N-dealkylation sites (N-methyl/N-ethyl adjacent to an activating group) is 1. The molecule has 0 radical (unpaired) electrons. The molecule has 0 N–H and O–H groups in total. The van der Waals surface area contributed by atoms with Crippen LogP contribution in [0.3, 0.4) is 0 Å². The van der Waals surface area contributed by atoms with Crippen molar-refractivity contribution in [2.45, 2.75) is 24.9 Å². The Labute approximate surface area is 134 Å². The highest BCUT2D eigenvalue weighted by atomic mass is 35.5. The van der Waals surface area contributed by atoms with Crippen LogP contribution in [0.2, 0.25) is 5.02 Å². The summed E-state index contributed by atoms with van der Waals surface area (Å²) in [5.41, 5.74) is 1.94. The molecule has 1 saturated heterocycles. The topological polar surface area (TPSA) is 30.3 Å². The van der Waals surface area contributed by atoms with Gasteiger partial charge in [0.15, 0.2) is 0 Å². The van der Waals surface area contributed by atoms with Crippen LogP contribution in [0.15, 0.2) is 18.2 Å². The van der Waals surface area contributed by atoms with Gasteiger partial charge < -0.3 is 14.2 Å². The molecule has 0 spiro atoms. The maximum Gasteiger partial charge on any atom is 0.127 e. The van der Waals surface area contributed by atoms with E-state index in [9.17, 15) is 0 Å². The number of hydrogen-bond acceptors (Lipinski definition) is 3. The fourth-order valence-electron chi connectivity index (χ4n) is 2.79. The van der Waals surface area contributed by atoms with E-state index < -0.39 is 0 Å². The van der Waals surface area contributed by atoms with E-state index in [1.165, 1.54) is 0 Å². The highest BCUT2D eigenvalue weighted by Crippen LogP contribution is 2.27. The fourth-order valence-corrected chi connectivity index (χ4v) is 3.12. The average Bonchev–Trinajstić information content (AvgIpc) is 2.77. The van der Waals surface area contributed by atoms with Crippen molar-refractivity contribution in [1.29, 1.82) is 0 Å². The Balaban J connectivity index is 1.98. The number of benzene rings is 1. The summed E-state index contributed by atoms with van der Waals surface area (Å²) in [7, 11) is 2.11. The number of hydrogen-bond donors (Lipinski definition) is 0. The van der Waals surface area contributed by atoms with Gasteiger partial charge >= 0.3 is 0 Å². The van der Waals surface area contributed by atoms with Gasteiger partial charge in [0.1, 0.15) is 5.82 Å². The van der Waals surface area contributed by atoms with Crippen molar-refractivity contribution in [2.75, 3.05) is 26.7 Å². The first-order chi connectivity index (χ1) is 10.0. The number of halogens is 2. The second-order valence-electron chi connectivity index (χ2n) is 5.58. The van der Waals surface area contributed by atoms with Crippen LogP contribution in [0.4, 0.5) is 0 Å². The Morgan fingerprint density at radius 2 is 2.29 bits per heavy atom. The number of rotatable bonds is 3. The summed E-state index contributed by atoms with van der Waals surface area (Å²) in [6.45, 7) is 5.34. The molecule has 0 saturated carbocycles. The summed E-state index contributed by atoms with van der Waals surface area (Å²) in [5, 5.41) is 0.552. The lowest BCUT2D eigenvalue weighted by Crippen LogP contribution is -2.42. The van der Waals surface area contributed by atoms with Crippen molar-refractivity contribution in [3.05, 3.63) is 29.0 Å². The van der Waals surface area contributed by atoms with E-state index in [0.717, 1.165) is 43.1 Å². The van der Waals surface area contributed by atoms with E-state index in [4.69, 9.17) is 27.9 Å². The second kappa shape index (κ2) is 6.13. The minimum atomic E-state index is -0.155. The molecule has 0 bridgehead atoms. The summed E-state index contributed by atoms with van der Waals surface area (Å²) in [6, 6.07) is 5.73. The fraction of sp³-hybridized carbons (Fsp3) is 0.533. The van der Waals surface area contributed by atoms with Gasteiger partial charge in [-0.3, -0.25) is 0 Å². The number of aromatic nitrogens is 2. The van der Waals surface area contributed by atoms with E-state index in [2.05, 4.69) is 21.5 Å². The molecule has 2 unspecified atom stereocenters. The van der Waals surface area contributed by atoms with Crippen LogP contribution in [0.5, 0.6) is 0 Å². The number of imidazole rings is 1. The van der Waals surface area contributed by atoms with Gasteiger partial charge in [-0.1, -0.05) is 11.6 Å². The maximum atomic E-state index is 6.30. The number of nitrogens with zero attached hydrogens (tertiary/aromatic N) is 3. The quantitative estimate of drug-likeness (QED) is 0.810. The van der Waals surface area contributed by atoms with Gasteiger partial charge in [-0.2, -0.15) is 0 Å². The summed E-state index contributed by atoms with van der Waals surface area (Å²) in [5.74, 6) is 0.866. The largest absolute Gasteiger partial charge is 0.374 e. The smallest absolute Gasteiger partial charge is 0.127 e. The summed E-state index contributed by atoms with van der Waals surface area (Å²) in [4.78, 5) is 6.92. The van der Waals surface area contributed by atoms with Crippen molar-refractivity contribution in [2.24, 2.45) is 0 Å². The van der Waals surface area contributed by atoms with Crippen molar-refractivity contribution in [3.8, 4) is 0 Å². The molecule has 0 amide bonds. The SMILES string of the molecule is CC(Cl)c1nc2ccc(Cl)cc2n1CC1CN(C)CCO1. The van der Waals surface area contributed by atoms with E-state index in [1.807, 2.05) is 25.1 Å². The molecule has 3 rings (SSSR count). The zero-order valence-electron chi connectivity index (χ0n) is 12.2. The van der Waals surface area contributed by atoms with Gasteiger partial charge in [0.2, 0.25) is 0 Å². The van der Waals surface area contributed by atoms with Crippen LogP contribution in [0.25, 0.3) is 11.0 Å². The molecule has 2 atom stereocenters. The molecular weight excluding hydrogens is 309 g/mol. The monoisotopic (exact) mass is 327 g/mol. The Morgan fingerprint density at radius 1 is 1.48 bits per heavy atom. The summed E-state index contributed by atoms with van der Waals surface area (Å²) < 4.78 is 8.01. The minimum Gasteiger partial charge on any atom is -0.374 e. The van der Waals surface area contributed by atoms with Crippen molar-refractivity contribution in [1.82, 2.24) is 14.5 Å². The minimum absolute atomic E-state index is 0.147. The zero-order chi connectivity index (χ0) is 15.0. The standard InChI is InChI=1S/C15H19Cl2N3O/c1-10(16)15-18-13-4-3-11(17)7-14(13)20(15)9-12-8-19(2)5-6-21-12/h3-4,7,10,12H,5-6,8-9H2,1-2H3. The number of fused-ring (bicyclic) bond motifs is 1. The molecule has 21 heavy (non-hydrogen) atoms. The maximum absolute atomic E-state index is 6.30. The van der Waals surface area contributed by atoms with Crippen LogP contribution in [0, 0.1) is 0 Å². The average molecular weight is 328 g/mol. The van der Waals surface area contributed by atoms with E-state index in [-0.39, 0.29) is 11.5 Å². The van der Waals surface area contributed by atoms with Crippen LogP contribution in [-0.2, 0) is 11.3 Å². The van der Waals surface area contributed by atoms with Gasteiger partial charge in [-0.05, 0) is 32.2 Å². The molecule has 1 aliphatic rings. The molecule has 2 heterocycles.